The maximum Gasteiger partial charge on any atom is 0.241 e. The molecule has 5 nitrogen and oxygen atoms in total. The second-order valence-corrected chi connectivity index (χ2v) is 4.73. The normalized spacial score (nSPS) is 19.1. The third-order valence-corrected chi connectivity index (χ3v) is 3.22. The zero-order valence-electron chi connectivity index (χ0n) is 9.49. The molecule has 0 atom stereocenters. The van der Waals surface area contributed by atoms with E-state index in [0.717, 1.165) is 12.8 Å². The minimum absolute atomic E-state index is 0.350. The molecular weight excluding hydrogens is 208 g/mol. The van der Waals surface area contributed by atoms with Crippen molar-refractivity contribution in [2.45, 2.75) is 38.1 Å². The fraction of sp³-hybridized carbons (Fsp3) is 0.818. The Labute approximate surface area is 95.1 Å². The lowest BCUT2D eigenvalue weighted by atomic mass is 9.86. The van der Waals surface area contributed by atoms with Crippen LogP contribution in [0.2, 0.25) is 0 Å². The van der Waals surface area contributed by atoms with Crippen molar-refractivity contribution in [2.24, 2.45) is 5.41 Å². The Bertz CT molecular complexity index is 299. The van der Waals surface area contributed by atoms with E-state index in [2.05, 4.69) is 11.4 Å². The van der Waals surface area contributed by atoms with Crippen LogP contribution >= 0.6 is 0 Å². The monoisotopic (exact) mass is 226 g/mol. The van der Waals surface area contributed by atoms with Crippen molar-refractivity contribution in [1.29, 1.82) is 5.26 Å². The van der Waals surface area contributed by atoms with Crippen molar-refractivity contribution >= 4 is 5.91 Å². The van der Waals surface area contributed by atoms with Crippen LogP contribution in [0.15, 0.2) is 0 Å². The lowest BCUT2D eigenvalue weighted by molar-refractivity contribution is -0.131. The average Bonchev–Trinajstić information content (AvgIpc) is 2.78. The SMILES string of the molecule is CC(CO)(CO)NC(=O)C1(C#N)CCCC1. The van der Waals surface area contributed by atoms with Gasteiger partial charge in [-0.05, 0) is 19.8 Å². The number of carbonyl (C=O) groups excluding carboxylic acids is 1. The van der Waals surface area contributed by atoms with E-state index in [1.807, 2.05) is 0 Å². The fourth-order valence-electron chi connectivity index (χ4n) is 1.89. The van der Waals surface area contributed by atoms with Crippen LogP contribution in [-0.4, -0.2) is 34.9 Å². The molecule has 1 fully saturated rings. The molecular formula is C11H18N2O3. The summed E-state index contributed by atoms with van der Waals surface area (Å²) in [6, 6.07) is 2.07. The van der Waals surface area contributed by atoms with Crippen molar-refractivity contribution < 1.29 is 15.0 Å². The number of amides is 1. The van der Waals surface area contributed by atoms with E-state index in [-0.39, 0.29) is 19.1 Å². The summed E-state index contributed by atoms with van der Waals surface area (Å²) in [5.74, 6) is -0.377. The standard InChI is InChI=1S/C11H18N2O3/c1-10(7-14,8-15)13-9(16)11(6-12)4-2-3-5-11/h14-15H,2-5,7-8H2,1H3,(H,13,16). The predicted molar refractivity (Wildman–Crippen MR) is 57.2 cm³/mol. The van der Waals surface area contributed by atoms with Gasteiger partial charge in [0.2, 0.25) is 5.91 Å². The molecule has 0 radical (unpaired) electrons. The smallest absolute Gasteiger partial charge is 0.241 e. The molecule has 0 unspecified atom stereocenters. The largest absolute Gasteiger partial charge is 0.394 e. The maximum atomic E-state index is 12.0. The molecule has 1 aliphatic carbocycles. The third-order valence-electron chi connectivity index (χ3n) is 3.22. The summed E-state index contributed by atoms with van der Waals surface area (Å²) in [5.41, 5.74) is -2.02. The molecule has 1 rings (SSSR count). The zero-order valence-corrected chi connectivity index (χ0v) is 9.49. The molecule has 1 saturated carbocycles. The minimum atomic E-state index is -1.05. The van der Waals surface area contributed by atoms with E-state index in [1.54, 1.807) is 6.92 Å². The van der Waals surface area contributed by atoms with Gasteiger partial charge in [-0.25, -0.2) is 0 Å². The predicted octanol–water partition coefficient (Wildman–Crippen LogP) is -0.0701. The molecule has 1 amide bonds. The van der Waals surface area contributed by atoms with E-state index in [4.69, 9.17) is 15.5 Å². The van der Waals surface area contributed by atoms with Crippen molar-refractivity contribution in [3.63, 3.8) is 0 Å². The Kier molecular flexibility index (Phi) is 3.89. The Hall–Kier alpha value is -1.12. The van der Waals surface area contributed by atoms with Crippen LogP contribution in [0.3, 0.4) is 0 Å². The molecule has 0 aromatic carbocycles. The highest BCUT2D eigenvalue weighted by Gasteiger charge is 2.43. The highest BCUT2D eigenvalue weighted by atomic mass is 16.3. The number of aliphatic hydroxyl groups excluding tert-OH is 2. The summed E-state index contributed by atoms with van der Waals surface area (Å²) in [4.78, 5) is 12.0. The van der Waals surface area contributed by atoms with Gasteiger partial charge in [-0.2, -0.15) is 5.26 Å². The number of carbonyl (C=O) groups is 1. The van der Waals surface area contributed by atoms with Crippen molar-refractivity contribution in [1.82, 2.24) is 5.32 Å². The van der Waals surface area contributed by atoms with E-state index in [9.17, 15) is 4.79 Å². The first-order chi connectivity index (χ1) is 7.52. The highest BCUT2D eigenvalue weighted by molar-refractivity contribution is 5.86. The first kappa shape index (κ1) is 12.9. The summed E-state index contributed by atoms with van der Waals surface area (Å²) >= 11 is 0. The Morgan fingerprint density at radius 1 is 1.44 bits per heavy atom. The summed E-state index contributed by atoms with van der Waals surface area (Å²) in [7, 11) is 0. The molecule has 5 heteroatoms. The minimum Gasteiger partial charge on any atom is -0.394 e. The van der Waals surface area contributed by atoms with Gasteiger partial charge in [0.1, 0.15) is 5.41 Å². The number of nitrogens with zero attached hydrogens (tertiary/aromatic N) is 1. The molecule has 0 bridgehead atoms. The van der Waals surface area contributed by atoms with Crippen LogP contribution in [-0.2, 0) is 4.79 Å². The summed E-state index contributed by atoms with van der Waals surface area (Å²) in [6.07, 6.45) is 2.86. The first-order valence-corrected chi connectivity index (χ1v) is 5.47. The van der Waals surface area contributed by atoms with Crippen molar-refractivity contribution in [3.8, 4) is 6.07 Å². The van der Waals surface area contributed by atoms with Crippen LogP contribution in [0.1, 0.15) is 32.6 Å². The van der Waals surface area contributed by atoms with Gasteiger partial charge >= 0.3 is 0 Å². The van der Waals surface area contributed by atoms with E-state index in [0.29, 0.717) is 12.8 Å². The topological polar surface area (TPSA) is 93.3 Å². The molecule has 3 N–H and O–H groups in total. The average molecular weight is 226 g/mol. The molecule has 0 aromatic heterocycles. The van der Waals surface area contributed by atoms with Gasteiger partial charge in [0, 0.05) is 0 Å². The van der Waals surface area contributed by atoms with Gasteiger partial charge in [-0.1, -0.05) is 12.8 Å². The Morgan fingerprint density at radius 2 is 1.94 bits per heavy atom. The molecule has 0 aliphatic heterocycles. The van der Waals surface area contributed by atoms with Crippen LogP contribution < -0.4 is 5.32 Å². The number of aliphatic hydroxyl groups is 2. The number of nitrogens with one attached hydrogen (secondary N) is 1. The van der Waals surface area contributed by atoms with Crippen LogP contribution in [0.5, 0.6) is 0 Å². The van der Waals surface area contributed by atoms with Crippen molar-refractivity contribution in [2.75, 3.05) is 13.2 Å². The van der Waals surface area contributed by atoms with Gasteiger partial charge in [-0.15, -0.1) is 0 Å². The van der Waals surface area contributed by atoms with E-state index in [1.165, 1.54) is 0 Å². The molecule has 1 aliphatic rings. The van der Waals surface area contributed by atoms with Crippen LogP contribution in [0.4, 0.5) is 0 Å². The number of nitriles is 1. The lowest BCUT2D eigenvalue weighted by Gasteiger charge is -2.30. The molecule has 90 valence electrons. The molecule has 0 aromatic rings. The lowest BCUT2D eigenvalue weighted by Crippen LogP contribution is -2.55. The van der Waals surface area contributed by atoms with E-state index < -0.39 is 11.0 Å². The quantitative estimate of drug-likeness (QED) is 0.625. The molecule has 0 saturated heterocycles. The van der Waals surface area contributed by atoms with Crippen LogP contribution in [0, 0.1) is 16.7 Å². The van der Waals surface area contributed by atoms with Gasteiger partial charge < -0.3 is 15.5 Å². The summed E-state index contributed by atoms with van der Waals surface area (Å²) < 4.78 is 0. The van der Waals surface area contributed by atoms with Gasteiger partial charge in [-0.3, -0.25) is 4.79 Å². The first-order valence-electron chi connectivity index (χ1n) is 5.47. The molecule has 0 spiro atoms. The Morgan fingerprint density at radius 3 is 2.31 bits per heavy atom. The van der Waals surface area contributed by atoms with Crippen molar-refractivity contribution in [3.05, 3.63) is 0 Å². The molecule has 16 heavy (non-hydrogen) atoms. The zero-order chi connectivity index (χ0) is 12.2. The second-order valence-electron chi connectivity index (χ2n) is 4.73. The molecule has 0 heterocycles. The Balaban J connectivity index is 2.75. The highest BCUT2D eigenvalue weighted by Crippen LogP contribution is 2.37. The van der Waals surface area contributed by atoms with E-state index >= 15 is 0 Å². The third kappa shape index (κ3) is 2.34. The number of hydrogen-bond donors (Lipinski definition) is 3. The second kappa shape index (κ2) is 4.81. The summed E-state index contributed by atoms with van der Waals surface area (Å²) in [6.45, 7) is 0.846. The van der Waals surface area contributed by atoms with Gasteiger partial charge in [0.15, 0.2) is 0 Å². The van der Waals surface area contributed by atoms with Gasteiger partial charge in [0.25, 0.3) is 0 Å². The maximum absolute atomic E-state index is 12.0. The fourth-order valence-corrected chi connectivity index (χ4v) is 1.89. The summed E-state index contributed by atoms with van der Waals surface area (Å²) in [5, 5.41) is 29.8. The van der Waals surface area contributed by atoms with Gasteiger partial charge in [0.05, 0.1) is 24.8 Å². The number of hydrogen-bond acceptors (Lipinski definition) is 4. The number of rotatable bonds is 4. The van der Waals surface area contributed by atoms with Crippen LogP contribution in [0.25, 0.3) is 0 Å².